The number of ether oxygens (including phenoxy) is 1. The van der Waals surface area contributed by atoms with Crippen LogP contribution in [0.25, 0.3) is 0 Å². The number of rotatable bonds is 11. The quantitative estimate of drug-likeness (QED) is 0.677. The molecule has 0 saturated heterocycles. The minimum absolute atomic E-state index is 0.527. The zero-order chi connectivity index (χ0) is 15.5. The summed E-state index contributed by atoms with van der Waals surface area (Å²) in [6.07, 6.45) is 2.25. The molecule has 1 aromatic rings. The van der Waals surface area contributed by atoms with Crippen LogP contribution >= 0.6 is 0 Å². The Kier molecular flexibility index (Phi) is 9.11. The van der Waals surface area contributed by atoms with Crippen molar-refractivity contribution in [2.75, 3.05) is 32.8 Å². The van der Waals surface area contributed by atoms with Crippen LogP contribution in [0.5, 0.6) is 5.75 Å². The molecular weight excluding hydrogens is 260 g/mol. The predicted octanol–water partition coefficient (Wildman–Crippen LogP) is 3.34. The molecule has 120 valence electrons. The fourth-order valence-corrected chi connectivity index (χ4v) is 2.37. The third-order valence-corrected chi connectivity index (χ3v) is 3.78. The molecule has 0 bridgehead atoms. The van der Waals surface area contributed by atoms with Crippen molar-refractivity contribution in [2.24, 2.45) is 0 Å². The fourth-order valence-electron chi connectivity index (χ4n) is 2.37. The maximum atomic E-state index is 5.81. The number of nitrogens with zero attached hydrogens (tertiary/aromatic N) is 1. The lowest BCUT2D eigenvalue weighted by atomic mass is 10.1. The highest BCUT2D eigenvalue weighted by molar-refractivity contribution is 5.27. The molecule has 1 N–H and O–H groups in total. The maximum absolute atomic E-state index is 5.81. The molecule has 0 spiro atoms. The Bertz CT molecular complexity index is 360. The molecule has 0 saturated carbocycles. The van der Waals surface area contributed by atoms with Gasteiger partial charge in [0.2, 0.25) is 0 Å². The van der Waals surface area contributed by atoms with E-state index in [2.05, 4.69) is 62.2 Å². The average molecular weight is 292 g/mol. The Morgan fingerprint density at radius 3 is 2.33 bits per heavy atom. The summed E-state index contributed by atoms with van der Waals surface area (Å²) in [6.45, 7) is 13.8. The molecule has 1 rings (SSSR count). The number of hydrogen-bond acceptors (Lipinski definition) is 3. The SMILES string of the molecule is CCCNC(C)Cc1ccc(OCCN(CC)CC)cc1. The highest BCUT2D eigenvalue weighted by Gasteiger charge is 2.03. The molecule has 0 aliphatic heterocycles. The van der Waals surface area contributed by atoms with Crippen LogP contribution in [0.3, 0.4) is 0 Å². The lowest BCUT2D eigenvalue weighted by molar-refractivity contribution is 0.223. The van der Waals surface area contributed by atoms with Gasteiger partial charge in [-0.3, -0.25) is 0 Å². The third kappa shape index (κ3) is 7.49. The van der Waals surface area contributed by atoms with E-state index < -0.39 is 0 Å². The summed E-state index contributed by atoms with van der Waals surface area (Å²) in [7, 11) is 0. The molecule has 0 aliphatic carbocycles. The van der Waals surface area contributed by atoms with E-state index in [1.807, 2.05) is 0 Å². The van der Waals surface area contributed by atoms with Crippen LogP contribution in [0, 0.1) is 0 Å². The molecular formula is C18H32N2O. The molecule has 0 heterocycles. The van der Waals surface area contributed by atoms with E-state index in [1.165, 1.54) is 12.0 Å². The topological polar surface area (TPSA) is 24.5 Å². The van der Waals surface area contributed by atoms with Crippen molar-refractivity contribution in [2.45, 2.75) is 46.6 Å². The van der Waals surface area contributed by atoms with Crippen molar-refractivity contribution in [3.63, 3.8) is 0 Å². The summed E-state index contributed by atoms with van der Waals surface area (Å²) in [4.78, 5) is 2.37. The third-order valence-electron chi connectivity index (χ3n) is 3.78. The van der Waals surface area contributed by atoms with Crippen molar-refractivity contribution in [1.29, 1.82) is 0 Å². The first kappa shape index (κ1) is 18.0. The van der Waals surface area contributed by atoms with E-state index in [0.29, 0.717) is 6.04 Å². The summed E-state index contributed by atoms with van der Waals surface area (Å²) in [6, 6.07) is 9.06. The summed E-state index contributed by atoms with van der Waals surface area (Å²) >= 11 is 0. The zero-order valence-electron chi connectivity index (χ0n) is 14.2. The zero-order valence-corrected chi connectivity index (χ0v) is 14.2. The average Bonchev–Trinajstić information content (AvgIpc) is 2.51. The van der Waals surface area contributed by atoms with E-state index in [9.17, 15) is 0 Å². The number of likely N-dealkylation sites (N-methyl/N-ethyl adjacent to an activating group) is 1. The highest BCUT2D eigenvalue weighted by atomic mass is 16.5. The maximum Gasteiger partial charge on any atom is 0.119 e. The molecule has 21 heavy (non-hydrogen) atoms. The van der Waals surface area contributed by atoms with Gasteiger partial charge in [-0.15, -0.1) is 0 Å². The number of benzene rings is 1. The monoisotopic (exact) mass is 292 g/mol. The Morgan fingerprint density at radius 1 is 1.10 bits per heavy atom. The molecule has 3 heteroatoms. The van der Waals surface area contributed by atoms with Gasteiger partial charge in [-0.2, -0.15) is 0 Å². The molecule has 1 unspecified atom stereocenters. The van der Waals surface area contributed by atoms with Crippen LogP contribution in [-0.2, 0) is 6.42 Å². The lowest BCUT2D eigenvalue weighted by Crippen LogP contribution is -2.28. The van der Waals surface area contributed by atoms with Gasteiger partial charge in [0.1, 0.15) is 12.4 Å². The second-order valence-corrected chi connectivity index (χ2v) is 5.58. The smallest absolute Gasteiger partial charge is 0.119 e. The molecule has 0 aliphatic rings. The van der Waals surface area contributed by atoms with Gasteiger partial charge in [-0.25, -0.2) is 0 Å². The van der Waals surface area contributed by atoms with Gasteiger partial charge >= 0.3 is 0 Å². The van der Waals surface area contributed by atoms with Crippen LogP contribution < -0.4 is 10.1 Å². The Hall–Kier alpha value is -1.06. The summed E-state index contributed by atoms with van der Waals surface area (Å²) in [5, 5.41) is 3.52. The number of nitrogens with one attached hydrogen (secondary N) is 1. The molecule has 1 aromatic carbocycles. The summed E-state index contributed by atoms with van der Waals surface area (Å²) in [5.74, 6) is 0.972. The first-order valence-electron chi connectivity index (χ1n) is 8.37. The molecule has 0 aromatic heterocycles. The van der Waals surface area contributed by atoms with E-state index in [1.54, 1.807) is 0 Å². The first-order chi connectivity index (χ1) is 10.2. The van der Waals surface area contributed by atoms with Crippen LogP contribution in [-0.4, -0.2) is 43.7 Å². The van der Waals surface area contributed by atoms with Gasteiger partial charge in [0.05, 0.1) is 0 Å². The van der Waals surface area contributed by atoms with E-state index in [0.717, 1.165) is 45.0 Å². The second-order valence-electron chi connectivity index (χ2n) is 5.58. The molecule has 3 nitrogen and oxygen atoms in total. The minimum atomic E-state index is 0.527. The van der Waals surface area contributed by atoms with E-state index >= 15 is 0 Å². The van der Waals surface area contributed by atoms with Gasteiger partial charge in [0.15, 0.2) is 0 Å². The minimum Gasteiger partial charge on any atom is -0.492 e. The van der Waals surface area contributed by atoms with Gasteiger partial charge in [0.25, 0.3) is 0 Å². The van der Waals surface area contributed by atoms with Crippen molar-refractivity contribution in [3.8, 4) is 5.75 Å². The van der Waals surface area contributed by atoms with Crippen molar-refractivity contribution >= 4 is 0 Å². The van der Waals surface area contributed by atoms with Gasteiger partial charge in [-0.05, 0) is 57.1 Å². The summed E-state index contributed by atoms with van der Waals surface area (Å²) in [5.41, 5.74) is 1.36. The van der Waals surface area contributed by atoms with Crippen LogP contribution in [0.4, 0.5) is 0 Å². The highest BCUT2D eigenvalue weighted by Crippen LogP contribution is 2.13. The predicted molar refractivity (Wildman–Crippen MR) is 91.2 cm³/mol. The van der Waals surface area contributed by atoms with Crippen LogP contribution in [0.15, 0.2) is 24.3 Å². The van der Waals surface area contributed by atoms with E-state index in [-0.39, 0.29) is 0 Å². The van der Waals surface area contributed by atoms with Gasteiger partial charge in [-0.1, -0.05) is 32.9 Å². The Morgan fingerprint density at radius 2 is 1.76 bits per heavy atom. The van der Waals surface area contributed by atoms with Gasteiger partial charge < -0.3 is 15.0 Å². The normalized spacial score (nSPS) is 12.6. The fraction of sp³-hybridized carbons (Fsp3) is 0.667. The van der Waals surface area contributed by atoms with Crippen molar-refractivity contribution < 1.29 is 4.74 Å². The van der Waals surface area contributed by atoms with Crippen molar-refractivity contribution in [1.82, 2.24) is 10.2 Å². The van der Waals surface area contributed by atoms with Crippen LogP contribution in [0.2, 0.25) is 0 Å². The number of hydrogen-bond donors (Lipinski definition) is 1. The molecule has 1 atom stereocenters. The molecule has 0 radical (unpaired) electrons. The Labute approximate surface area is 130 Å². The lowest BCUT2D eigenvalue weighted by Gasteiger charge is -2.18. The molecule has 0 amide bonds. The Balaban J connectivity index is 2.33. The van der Waals surface area contributed by atoms with Crippen molar-refractivity contribution in [3.05, 3.63) is 29.8 Å². The van der Waals surface area contributed by atoms with E-state index in [4.69, 9.17) is 4.74 Å². The second kappa shape index (κ2) is 10.6. The van der Waals surface area contributed by atoms with Crippen LogP contribution in [0.1, 0.15) is 39.7 Å². The summed E-state index contributed by atoms with van der Waals surface area (Å²) < 4.78 is 5.81. The van der Waals surface area contributed by atoms with Gasteiger partial charge in [0, 0.05) is 12.6 Å². The largest absolute Gasteiger partial charge is 0.492 e. The first-order valence-corrected chi connectivity index (χ1v) is 8.37. The molecule has 0 fully saturated rings. The standard InChI is InChI=1S/C18H32N2O/c1-5-12-19-16(4)15-17-8-10-18(11-9-17)21-14-13-20(6-2)7-3/h8-11,16,19H,5-7,12-15H2,1-4H3.